The summed E-state index contributed by atoms with van der Waals surface area (Å²) >= 11 is 6.00. The minimum Gasteiger partial charge on any atom is -0.382 e. The molecule has 2 rings (SSSR count). The predicted molar refractivity (Wildman–Crippen MR) is 72.4 cm³/mol. The minimum atomic E-state index is 0.269. The van der Waals surface area contributed by atoms with Gasteiger partial charge in [-0.3, -0.25) is 4.98 Å². The number of nitrogen functional groups attached to an aromatic ring is 1. The summed E-state index contributed by atoms with van der Waals surface area (Å²) < 4.78 is 0. The molecule has 2 aromatic heterocycles. The highest BCUT2D eigenvalue weighted by atomic mass is 35.5. The first-order valence-electron chi connectivity index (χ1n) is 5.65. The first-order chi connectivity index (χ1) is 8.72. The molecule has 0 saturated heterocycles. The molecule has 0 radical (unpaired) electrons. The van der Waals surface area contributed by atoms with Gasteiger partial charge in [0, 0.05) is 6.20 Å². The molecule has 0 aromatic carbocycles. The molecule has 2 aromatic rings. The largest absolute Gasteiger partial charge is 0.382 e. The summed E-state index contributed by atoms with van der Waals surface area (Å²) in [5.74, 6) is 0.794. The van der Waals surface area contributed by atoms with Gasteiger partial charge in [0.25, 0.3) is 0 Å². The number of rotatable bonds is 4. The molecule has 18 heavy (non-hydrogen) atoms. The standard InChI is InChI=1S/C12H14ClN5/c1-2-8-4-3-5-15-9(8)6-16-12-10(13)11(14)17-7-18-12/h3-5,7H,2,6H2,1H3,(H3,14,16,17,18). The van der Waals surface area contributed by atoms with Crippen LogP contribution in [-0.4, -0.2) is 15.0 Å². The van der Waals surface area contributed by atoms with Gasteiger partial charge in [0.15, 0.2) is 5.82 Å². The van der Waals surface area contributed by atoms with Crippen LogP contribution in [0.15, 0.2) is 24.7 Å². The van der Waals surface area contributed by atoms with Gasteiger partial charge in [0.2, 0.25) is 0 Å². The number of aryl methyl sites for hydroxylation is 1. The first kappa shape index (κ1) is 12.6. The van der Waals surface area contributed by atoms with Gasteiger partial charge in [-0.15, -0.1) is 0 Å². The fourth-order valence-electron chi connectivity index (χ4n) is 1.63. The smallest absolute Gasteiger partial charge is 0.150 e. The Kier molecular flexibility index (Phi) is 3.94. The van der Waals surface area contributed by atoms with E-state index >= 15 is 0 Å². The zero-order chi connectivity index (χ0) is 13.0. The summed E-state index contributed by atoms with van der Waals surface area (Å²) in [4.78, 5) is 12.2. The summed E-state index contributed by atoms with van der Waals surface area (Å²) in [7, 11) is 0. The van der Waals surface area contributed by atoms with Crippen LogP contribution in [0.4, 0.5) is 11.6 Å². The number of anilines is 2. The minimum absolute atomic E-state index is 0.269. The van der Waals surface area contributed by atoms with Gasteiger partial charge in [0.1, 0.15) is 17.2 Å². The average molecular weight is 264 g/mol. The highest BCUT2D eigenvalue weighted by Crippen LogP contribution is 2.23. The molecule has 2 heterocycles. The highest BCUT2D eigenvalue weighted by Gasteiger charge is 2.07. The molecule has 0 unspecified atom stereocenters. The molecular formula is C12H14ClN5. The molecule has 0 amide bonds. The molecule has 0 aliphatic heterocycles. The van der Waals surface area contributed by atoms with Crippen molar-refractivity contribution >= 4 is 23.2 Å². The number of nitrogens with zero attached hydrogens (tertiary/aromatic N) is 3. The number of hydrogen-bond acceptors (Lipinski definition) is 5. The van der Waals surface area contributed by atoms with Crippen LogP contribution in [0.5, 0.6) is 0 Å². The Bertz CT molecular complexity index is 544. The number of nitrogens with one attached hydrogen (secondary N) is 1. The average Bonchev–Trinajstić information content (AvgIpc) is 2.41. The van der Waals surface area contributed by atoms with Gasteiger partial charge >= 0.3 is 0 Å². The van der Waals surface area contributed by atoms with Crippen LogP contribution in [0, 0.1) is 0 Å². The van der Waals surface area contributed by atoms with Gasteiger partial charge in [0.05, 0.1) is 12.2 Å². The third kappa shape index (κ3) is 2.68. The van der Waals surface area contributed by atoms with Crippen molar-refractivity contribution in [2.24, 2.45) is 0 Å². The topological polar surface area (TPSA) is 76.7 Å². The summed E-state index contributed by atoms with van der Waals surface area (Å²) in [5.41, 5.74) is 7.78. The van der Waals surface area contributed by atoms with Crippen molar-refractivity contribution in [1.29, 1.82) is 0 Å². The third-order valence-corrected chi connectivity index (χ3v) is 2.98. The summed E-state index contributed by atoms with van der Waals surface area (Å²) in [6, 6.07) is 3.98. The summed E-state index contributed by atoms with van der Waals surface area (Å²) in [6.45, 7) is 2.65. The Morgan fingerprint density at radius 2 is 2.17 bits per heavy atom. The molecule has 5 nitrogen and oxygen atoms in total. The zero-order valence-electron chi connectivity index (χ0n) is 10.0. The van der Waals surface area contributed by atoms with Gasteiger partial charge in [-0.05, 0) is 18.1 Å². The second-order valence-corrected chi connectivity index (χ2v) is 4.12. The third-order valence-electron chi connectivity index (χ3n) is 2.61. The van der Waals surface area contributed by atoms with Crippen molar-refractivity contribution in [3.05, 3.63) is 40.9 Å². The van der Waals surface area contributed by atoms with Gasteiger partial charge in [-0.1, -0.05) is 24.6 Å². The van der Waals surface area contributed by atoms with Crippen LogP contribution in [0.25, 0.3) is 0 Å². The van der Waals surface area contributed by atoms with E-state index in [1.165, 1.54) is 11.9 Å². The molecular weight excluding hydrogens is 250 g/mol. The fourth-order valence-corrected chi connectivity index (χ4v) is 1.79. The maximum absolute atomic E-state index is 6.00. The van der Waals surface area contributed by atoms with Crippen molar-refractivity contribution in [3.8, 4) is 0 Å². The van der Waals surface area contributed by atoms with E-state index in [0.717, 1.165) is 12.1 Å². The number of hydrogen-bond donors (Lipinski definition) is 2. The normalized spacial score (nSPS) is 10.3. The molecule has 6 heteroatoms. The number of pyridine rings is 1. The monoisotopic (exact) mass is 263 g/mol. The van der Waals surface area contributed by atoms with Crippen molar-refractivity contribution in [2.75, 3.05) is 11.1 Å². The van der Waals surface area contributed by atoms with Crippen LogP contribution in [0.1, 0.15) is 18.2 Å². The maximum atomic E-state index is 6.00. The van der Waals surface area contributed by atoms with E-state index in [1.807, 2.05) is 6.07 Å². The summed E-state index contributed by atoms with van der Waals surface area (Å²) in [6.07, 6.45) is 4.08. The van der Waals surface area contributed by atoms with Crippen molar-refractivity contribution in [3.63, 3.8) is 0 Å². The van der Waals surface area contributed by atoms with Crippen molar-refractivity contribution in [2.45, 2.75) is 19.9 Å². The molecule has 0 fully saturated rings. The number of halogens is 1. The van der Waals surface area contributed by atoms with Gasteiger partial charge in [-0.2, -0.15) is 0 Å². The fraction of sp³-hybridized carbons (Fsp3) is 0.250. The second kappa shape index (κ2) is 5.64. The first-order valence-corrected chi connectivity index (χ1v) is 6.02. The summed E-state index contributed by atoms with van der Waals surface area (Å²) in [5, 5.41) is 3.46. The molecule has 3 N–H and O–H groups in total. The Labute approximate surface area is 110 Å². The van der Waals surface area contributed by atoms with E-state index in [-0.39, 0.29) is 5.82 Å². The molecule has 0 saturated carbocycles. The van der Waals surface area contributed by atoms with Crippen LogP contribution < -0.4 is 11.1 Å². The van der Waals surface area contributed by atoms with E-state index in [4.69, 9.17) is 17.3 Å². The van der Waals surface area contributed by atoms with Crippen LogP contribution >= 0.6 is 11.6 Å². The molecule has 0 spiro atoms. The van der Waals surface area contributed by atoms with Gasteiger partial charge in [-0.25, -0.2) is 9.97 Å². The quantitative estimate of drug-likeness (QED) is 0.885. The van der Waals surface area contributed by atoms with E-state index in [1.54, 1.807) is 6.20 Å². The Morgan fingerprint density at radius 3 is 2.94 bits per heavy atom. The Balaban J connectivity index is 2.14. The number of aromatic nitrogens is 3. The van der Waals surface area contributed by atoms with E-state index in [0.29, 0.717) is 17.4 Å². The van der Waals surface area contributed by atoms with E-state index < -0.39 is 0 Å². The molecule has 0 atom stereocenters. The lowest BCUT2D eigenvalue weighted by molar-refractivity contribution is 0.962. The molecule has 0 aliphatic rings. The van der Waals surface area contributed by atoms with Crippen LogP contribution in [-0.2, 0) is 13.0 Å². The Hall–Kier alpha value is -1.88. The SMILES string of the molecule is CCc1cccnc1CNc1ncnc(N)c1Cl. The van der Waals surface area contributed by atoms with Crippen molar-refractivity contribution < 1.29 is 0 Å². The van der Waals surface area contributed by atoms with E-state index in [2.05, 4.69) is 33.3 Å². The lowest BCUT2D eigenvalue weighted by Crippen LogP contribution is -2.07. The van der Waals surface area contributed by atoms with E-state index in [9.17, 15) is 0 Å². The maximum Gasteiger partial charge on any atom is 0.150 e. The lowest BCUT2D eigenvalue weighted by Gasteiger charge is -2.10. The van der Waals surface area contributed by atoms with Crippen molar-refractivity contribution in [1.82, 2.24) is 15.0 Å². The van der Waals surface area contributed by atoms with Gasteiger partial charge < -0.3 is 11.1 Å². The second-order valence-electron chi connectivity index (χ2n) is 3.74. The highest BCUT2D eigenvalue weighted by molar-refractivity contribution is 6.35. The lowest BCUT2D eigenvalue weighted by atomic mass is 10.1. The molecule has 0 bridgehead atoms. The molecule has 0 aliphatic carbocycles. The van der Waals surface area contributed by atoms with Crippen LogP contribution in [0.2, 0.25) is 5.02 Å². The van der Waals surface area contributed by atoms with Crippen LogP contribution in [0.3, 0.4) is 0 Å². The molecule has 94 valence electrons. The number of nitrogens with two attached hydrogens (primary N) is 1. The zero-order valence-corrected chi connectivity index (χ0v) is 10.8. The Morgan fingerprint density at radius 1 is 1.33 bits per heavy atom. The predicted octanol–water partition coefficient (Wildman–Crippen LogP) is 2.28.